The molecule has 2 aromatic carbocycles. The van der Waals surface area contributed by atoms with Crippen molar-refractivity contribution in [1.29, 1.82) is 0 Å². The fourth-order valence-electron chi connectivity index (χ4n) is 2.50. The lowest BCUT2D eigenvalue weighted by Gasteiger charge is -2.01. The van der Waals surface area contributed by atoms with Gasteiger partial charge in [0.15, 0.2) is 10.9 Å². The number of aryl methyl sites for hydroxylation is 2. The number of amides is 1. The number of anilines is 1. The molecule has 132 valence electrons. The number of carbonyl (C=O) groups is 2. The van der Waals surface area contributed by atoms with Crippen LogP contribution in [-0.4, -0.2) is 16.7 Å². The van der Waals surface area contributed by atoms with Gasteiger partial charge in [-0.05, 0) is 43.2 Å². The van der Waals surface area contributed by atoms with Gasteiger partial charge < -0.3 is 0 Å². The summed E-state index contributed by atoms with van der Waals surface area (Å²) < 4.78 is 12.9. The Bertz CT molecular complexity index is 921. The first-order valence-corrected chi connectivity index (χ1v) is 8.96. The lowest BCUT2D eigenvalue weighted by molar-refractivity contribution is 0.0984. The minimum Gasteiger partial charge on any atom is -0.298 e. The van der Waals surface area contributed by atoms with Crippen LogP contribution >= 0.6 is 11.3 Å². The molecule has 0 saturated carbocycles. The van der Waals surface area contributed by atoms with Crippen LogP contribution in [0.4, 0.5) is 9.52 Å². The van der Waals surface area contributed by atoms with E-state index in [1.807, 2.05) is 30.3 Å². The highest BCUT2D eigenvalue weighted by molar-refractivity contribution is 7.17. The molecule has 0 aliphatic heterocycles. The van der Waals surface area contributed by atoms with Gasteiger partial charge in [0.1, 0.15) is 5.82 Å². The van der Waals surface area contributed by atoms with E-state index in [2.05, 4.69) is 10.3 Å². The molecule has 1 heterocycles. The molecule has 3 rings (SSSR count). The maximum atomic E-state index is 12.9. The van der Waals surface area contributed by atoms with E-state index in [-0.39, 0.29) is 11.7 Å². The van der Waals surface area contributed by atoms with Crippen LogP contribution in [0.1, 0.15) is 37.7 Å². The molecule has 0 radical (unpaired) electrons. The number of rotatable bonds is 6. The summed E-state index contributed by atoms with van der Waals surface area (Å²) in [5, 5.41) is 3.02. The zero-order valence-electron chi connectivity index (χ0n) is 14.2. The van der Waals surface area contributed by atoms with Crippen LogP contribution in [0.25, 0.3) is 0 Å². The number of aromatic nitrogens is 1. The van der Waals surface area contributed by atoms with E-state index in [0.29, 0.717) is 34.1 Å². The standard InChI is InChI=1S/C20H17FN2O2S/c1-13-18(17(24)12-7-14-5-3-2-4-6-14)26-20(22-13)23-19(25)15-8-10-16(21)11-9-15/h2-6,8-11H,7,12H2,1H3,(H,22,23,25). The van der Waals surface area contributed by atoms with Gasteiger partial charge in [-0.1, -0.05) is 41.7 Å². The number of Topliss-reactive ketones (excluding diaryl/α,β-unsaturated/α-hetero) is 1. The van der Waals surface area contributed by atoms with Crippen molar-refractivity contribution >= 4 is 28.2 Å². The number of nitrogens with zero attached hydrogens (tertiary/aromatic N) is 1. The third-order valence-corrected chi connectivity index (χ3v) is 4.97. The molecule has 3 aromatic rings. The highest BCUT2D eigenvalue weighted by Crippen LogP contribution is 2.25. The van der Waals surface area contributed by atoms with Gasteiger partial charge in [-0.2, -0.15) is 0 Å². The van der Waals surface area contributed by atoms with Crippen LogP contribution in [0.15, 0.2) is 54.6 Å². The summed E-state index contributed by atoms with van der Waals surface area (Å²) in [5.41, 5.74) is 2.03. The molecule has 0 atom stereocenters. The number of halogens is 1. The number of carbonyl (C=O) groups excluding carboxylic acids is 2. The van der Waals surface area contributed by atoms with Crippen LogP contribution in [0, 0.1) is 12.7 Å². The largest absolute Gasteiger partial charge is 0.298 e. The molecule has 0 unspecified atom stereocenters. The van der Waals surface area contributed by atoms with Gasteiger partial charge in [0, 0.05) is 12.0 Å². The van der Waals surface area contributed by atoms with Gasteiger partial charge in [-0.15, -0.1) is 0 Å². The minimum absolute atomic E-state index is 0.00568. The lowest BCUT2D eigenvalue weighted by Crippen LogP contribution is -2.11. The molecule has 1 N–H and O–H groups in total. The number of nitrogens with one attached hydrogen (secondary N) is 1. The topological polar surface area (TPSA) is 59.1 Å². The molecule has 26 heavy (non-hydrogen) atoms. The Hall–Kier alpha value is -2.86. The fraction of sp³-hybridized carbons (Fsp3) is 0.150. The summed E-state index contributed by atoms with van der Waals surface area (Å²) >= 11 is 1.16. The summed E-state index contributed by atoms with van der Waals surface area (Å²) in [7, 11) is 0. The van der Waals surface area contributed by atoms with E-state index in [1.165, 1.54) is 24.3 Å². The Morgan fingerprint density at radius 2 is 1.77 bits per heavy atom. The number of ketones is 1. The van der Waals surface area contributed by atoms with Crippen molar-refractivity contribution in [1.82, 2.24) is 4.98 Å². The number of thiazole rings is 1. The molecular weight excluding hydrogens is 351 g/mol. The van der Waals surface area contributed by atoms with E-state index in [4.69, 9.17) is 0 Å². The number of hydrogen-bond acceptors (Lipinski definition) is 4. The first kappa shape index (κ1) is 17.9. The summed E-state index contributed by atoms with van der Waals surface area (Å²) in [6.45, 7) is 1.75. The van der Waals surface area contributed by atoms with Gasteiger partial charge in [-0.3, -0.25) is 14.9 Å². The SMILES string of the molecule is Cc1nc(NC(=O)c2ccc(F)cc2)sc1C(=O)CCc1ccccc1. The average molecular weight is 368 g/mol. The Morgan fingerprint density at radius 3 is 2.46 bits per heavy atom. The first-order valence-electron chi connectivity index (χ1n) is 8.14. The van der Waals surface area contributed by atoms with E-state index < -0.39 is 5.82 Å². The molecule has 0 bridgehead atoms. The van der Waals surface area contributed by atoms with E-state index >= 15 is 0 Å². The number of benzene rings is 2. The van der Waals surface area contributed by atoms with Gasteiger partial charge in [0.25, 0.3) is 5.91 Å². The molecule has 6 heteroatoms. The molecule has 0 spiro atoms. The lowest BCUT2D eigenvalue weighted by atomic mass is 10.1. The Balaban J connectivity index is 1.65. The molecule has 0 aliphatic rings. The third kappa shape index (κ3) is 4.40. The van der Waals surface area contributed by atoms with E-state index in [1.54, 1.807) is 6.92 Å². The van der Waals surface area contributed by atoms with Crippen LogP contribution in [0.3, 0.4) is 0 Å². The molecule has 0 fully saturated rings. The minimum atomic E-state index is -0.405. The van der Waals surface area contributed by atoms with Crippen LogP contribution in [0.5, 0.6) is 0 Å². The molecular formula is C20H17FN2O2S. The molecule has 1 amide bonds. The van der Waals surface area contributed by atoms with Crippen molar-refractivity contribution in [2.75, 3.05) is 5.32 Å². The predicted octanol–water partition coefficient (Wildman–Crippen LogP) is 4.66. The average Bonchev–Trinajstić information content (AvgIpc) is 3.01. The maximum absolute atomic E-state index is 12.9. The monoisotopic (exact) mass is 368 g/mol. The van der Waals surface area contributed by atoms with E-state index in [0.717, 1.165) is 16.9 Å². The van der Waals surface area contributed by atoms with Crippen molar-refractivity contribution in [3.63, 3.8) is 0 Å². The van der Waals surface area contributed by atoms with Crippen molar-refractivity contribution in [3.8, 4) is 0 Å². The van der Waals surface area contributed by atoms with E-state index in [9.17, 15) is 14.0 Å². The van der Waals surface area contributed by atoms with Crippen LogP contribution in [-0.2, 0) is 6.42 Å². The predicted molar refractivity (Wildman–Crippen MR) is 100 cm³/mol. The summed E-state index contributed by atoms with van der Waals surface area (Å²) in [5.74, 6) is -0.786. The molecule has 1 aromatic heterocycles. The zero-order valence-corrected chi connectivity index (χ0v) is 15.0. The van der Waals surface area contributed by atoms with Crippen molar-refractivity contribution < 1.29 is 14.0 Å². The second-order valence-electron chi connectivity index (χ2n) is 5.80. The molecule has 0 aliphatic carbocycles. The Kier molecular flexibility index (Phi) is 5.53. The number of hydrogen-bond donors (Lipinski definition) is 1. The molecule has 4 nitrogen and oxygen atoms in total. The fourth-order valence-corrected chi connectivity index (χ4v) is 3.42. The highest BCUT2D eigenvalue weighted by atomic mass is 32.1. The first-order chi connectivity index (χ1) is 12.5. The summed E-state index contributed by atoms with van der Waals surface area (Å²) in [6, 6.07) is 15.0. The molecule has 0 saturated heterocycles. The smallest absolute Gasteiger partial charge is 0.257 e. The highest BCUT2D eigenvalue weighted by Gasteiger charge is 2.17. The van der Waals surface area contributed by atoms with Crippen molar-refractivity contribution in [2.45, 2.75) is 19.8 Å². The zero-order chi connectivity index (χ0) is 18.5. The van der Waals surface area contributed by atoms with Gasteiger partial charge in [-0.25, -0.2) is 9.37 Å². The Labute approximate surface area is 154 Å². The second kappa shape index (κ2) is 8.01. The summed E-state index contributed by atoms with van der Waals surface area (Å²) in [4.78, 5) is 29.4. The third-order valence-electron chi connectivity index (χ3n) is 3.86. The van der Waals surface area contributed by atoms with Gasteiger partial charge >= 0.3 is 0 Å². The summed E-state index contributed by atoms with van der Waals surface area (Å²) in [6.07, 6.45) is 1.05. The van der Waals surface area contributed by atoms with Crippen molar-refractivity contribution in [3.05, 3.63) is 82.1 Å². The van der Waals surface area contributed by atoms with Crippen LogP contribution < -0.4 is 5.32 Å². The van der Waals surface area contributed by atoms with Crippen LogP contribution in [0.2, 0.25) is 0 Å². The normalized spacial score (nSPS) is 10.5. The Morgan fingerprint density at radius 1 is 1.08 bits per heavy atom. The van der Waals surface area contributed by atoms with Gasteiger partial charge in [0.05, 0.1) is 10.6 Å². The van der Waals surface area contributed by atoms with Crippen molar-refractivity contribution in [2.24, 2.45) is 0 Å². The van der Waals surface area contributed by atoms with Gasteiger partial charge in [0.2, 0.25) is 0 Å². The maximum Gasteiger partial charge on any atom is 0.257 e. The second-order valence-corrected chi connectivity index (χ2v) is 6.80. The quantitative estimate of drug-likeness (QED) is 0.644.